The van der Waals surface area contributed by atoms with E-state index < -0.39 is 0 Å². The van der Waals surface area contributed by atoms with Crippen molar-refractivity contribution in [3.05, 3.63) is 22.4 Å². The second-order valence-corrected chi connectivity index (χ2v) is 6.00. The Bertz CT molecular complexity index is 318. The molecule has 0 saturated carbocycles. The third-order valence-electron chi connectivity index (χ3n) is 3.85. The number of thiophene rings is 1. The Labute approximate surface area is 115 Å². The standard InChI is InChI=1S/C14H25N3S/c1-2-16-7-9-17(10-8-16)12-13(5-6-15)14-4-3-11-18-14/h3-4,11,13H,2,5-10,12,15H2,1H3. The third-order valence-corrected chi connectivity index (χ3v) is 4.89. The Hall–Kier alpha value is -0.420. The SMILES string of the molecule is CCN1CCN(CC(CCN)c2cccs2)CC1. The molecule has 0 spiro atoms. The lowest BCUT2D eigenvalue weighted by Crippen LogP contribution is -2.47. The van der Waals surface area contributed by atoms with Crippen LogP contribution in [-0.2, 0) is 0 Å². The van der Waals surface area contributed by atoms with Gasteiger partial charge >= 0.3 is 0 Å². The summed E-state index contributed by atoms with van der Waals surface area (Å²) in [6.45, 7) is 10.3. The number of rotatable bonds is 6. The molecule has 1 saturated heterocycles. The summed E-state index contributed by atoms with van der Waals surface area (Å²) in [6.07, 6.45) is 1.11. The maximum atomic E-state index is 5.76. The van der Waals surface area contributed by atoms with Crippen molar-refractivity contribution < 1.29 is 0 Å². The van der Waals surface area contributed by atoms with Crippen molar-refractivity contribution in [1.29, 1.82) is 0 Å². The van der Waals surface area contributed by atoms with E-state index in [1.54, 1.807) is 0 Å². The van der Waals surface area contributed by atoms with E-state index in [1.807, 2.05) is 11.3 Å². The molecule has 1 fully saturated rings. The highest BCUT2D eigenvalue weighted by Gasteiger charge is 2.20. The van der Waals surface area contributed by atoms with Crippen molar-refractivity contribution in [2.45, 2.75) is 19.3 Å². The Morgan fingerprint density at radius 1 is 1.28 bits per heavy atom. The molecule has 2 heterocycles. The number of nitrogens with zero attached hydrogens (tertiary/aromatic N) is 2. The van der Waals surface area contributed by atoms with Gasteiger partial charge in [0.2, 0.25) is 0 Å². The molecule has 4 heteroatoms. The van der Waals surface area contributed by atoms with Gasteiger partial charge < -0.3 is 15.5 Å². The van der Waals surface area contributed by atoms with E-state index in [9.17, 15) is 0 Å². The number of likely N-dealkylation sites (N-methyl/N-ethyl adjacent to an activating group) is 1. The molecule has 0 amide bonds. The van der Waals surface area contributed by atoms with Crippen LogP contribution in [0.3, 0.4) is 0 Å². The number of piperazine rings is 1. The van der Waals surface area contributed by atoms with E-state index in [0.717, 1.165) is 13.0 Å². The number of hydrogen-bond donors (Lipinski definition) is 1. The molecule has 102 valence electrons. The molecule has 1 unspecified atom stereocenters. The van der Waals surface area contributed by atoms with Crippen LogP contribution in [0, 0.1) is 0 Å². The summed E-state index contributed by atoms with van der Waals surface area (Å²) in [4.78, 5) is 6.63. The normalized spacial score (nSPS) is 20.1. The molecule has 0 bridgehead atoms. The van der Waals surface area contributed by atoms with Crippen LogP contribution >= 0.6 is 11.3 Å². The first kappa shape index (κ1) is 14.0. The molecule has 0 aromatic carbocycles. The van der Waals surface area contributed by atoms with Gasteiger partial charge in [0.15, 0.2) is 0 Å². The lowest BCUT2D eigenvalue weighted by molar-refractivity contribution is 0.131. The zero-order chi connectivity index (χ0) is 12.8. The molecular formula is C14H25N3S. The number of nitrogens with two attached hydrogens (primary N) is 1. The predicted octanol–water partition coefficient (Wildman–Crippen LogP) is 1.82. The maximum Gasteiger partial charge on any atom is 0.0110 e. The molecule has 2 N–H and O–H groups in total. The largest absolute Gasteiger partial charge is 0.330 e. The summed E-state index contributed by atoms with van der Waals surface area (Å²) in [6, 6.07) is 4.41. The molecule has 1 aromatic heterocycles. The van der Waals surface area contributed by atoms with Gasteiger partial charge in [0.05, 0.1) is 0 Å². The average Bonchev–Trinajstić information content (AvgIpc) is 2.93. The molecule has 2 rings (SSSR count). The van der Waals surface area contributed by atoms with E-state index >= 15 is 0 Å². The van der Waals surface area contributed by atoms with Crippen molar-refractivity contribution in [2.75, 3.05) is 45.8 Å². The van der Waals surface area contributed by atoms with Gasteiger partial charge in [-0.05, 0) is 31.0 Å². The average molecular weight is 267 g/mol. The smallest absolute Gasteiger partial charge is 0.0110 e. The van der Waals surface area contributed by atoms with E-state index in [0.29, 0.717) is 5.92 Å². The molecule has 1 atom stereocenters. The van der Waals surface area contributed by atoms with Crippen molar-refractivity contribution in [2.24, 2.45) is 5.73 Å². The molecule has 1 aliphatic rings. The Balaban J connectivity index is 1.86. The highest BCUT2D eigenvalue weighted by molar-refractivity contribution is 7.10. The van der Waals surface area contributed by atoms with Crippen molar-refractivity contribution >= 4 is 11.3 Å². The lowest BCUT2D eigenvalue weighted by Gasteiger charge is -2.35. The Morgan fingerprint density at radius 3 is 2.56 bits per heavy atom. The van der Waals surface area contributed by atoms with Gasteiger partial charge in [-0.3, -0.25) is 0 Å². The van der Waals surface area contributed by atoms with Crippen LogP contribution in [0.1, 0.15) is 24.1 Å². The van der Waals surface area contributed by atoms with Crippen molar-refractivity contribution in [3.63, 3.8) is 0 Å². The van der Waals surface area contributed by atoms with Gasteiger partial charge in [0, 0.05) is 43.5 Å². The fourth-order valence-electron chi connectivity index (χ4n) is 2.65. The molecule has 18 heavy (non-hydrogen) atoms. The van der Waals surface area contributed by atoms with Crippen LogP contribution in [0.4, 0.5) is 0 Å². The minimum absolute atomic E-state index is 0.628. The van der Waals surface area contributed by atoms with Gasteiger partial charge in [-0.15, -0.1) is 11.3 Å². The molecule has 0 aliphatic carbocycles. The van der Waals surface area contributed by atoms with E-state index in [-0.39, 0.29) is 0 Å². The van der Waals surface area contributed by atoms with E-state index in [2.05, 4.69) is 34.2 Å². The zero-order valence-electron chi connectivity index (χ0n) is 11.3. The first-order valence-electron chi connectivity index (χ1n) is 7.01. The van der Waals surface area contributed by atoms with Crippen LogP contribution < -0.4 is 5.73 Å². The first-order valence-corrected chi connectivity index (χ1v) is 7.89. The fourth-order valence-corrected chi connectivity index (χ4v) is 3.50. The summed E-state index contributed by atoms with van der Waals surface area (Å²) in [5, 5.41) is 2.17. The minimum atomic E-state index is 0.628. The molecule has 0 radical (unpaired) electrons. The second-order valence-electron chi connectivity index (χ2n) is 5.02. The van der Waals surface area contributed by atoms with Gasteiger partial charge in [-0.1, -0.05) is 13.0 Å². The van der Waals surface area contributed by atoms with Crippen LogP contribution in [0.25, 0.3) is 0 Å². The van der Waals surface area contributed by atoms with Crippen molar-refractivity contribution in [3.8, 4) is 0 Å². The van der Waals surface area contributed by atoms with Crippen LogP contribution in [-0.4, -0.2) is 55.6 Å². The summed E-state index contributed by atoms with van der Waals surface area (Å²) in [5.74, 6) is 0.628. The summed E-state index contributed by atoms with van der Waals surface area (Å²) >= 11 is 1.87. The summed E-state index contributed by atoms with van der Waals surface area (Å²) < 4.78 is 0. The monoisotopic (exact) mass is 267 g/mol. The first-order chi connectivity index (χ1) is 8.83. The Morgan fingerprint density at radius 2 is 2.00 bits per heavy atom. The van der Waals surface area contributed by atoms with Gasteiger partial charge in [-0.2, -0.15) is 0 Å². The van der Waals surface area contributed by atoms with Gasteiger partial charge in [0.1, 0.15) is 0 Å². The summed E-state index contributed by atoms with van der Waals surface area (Å²) in [5.41, 5.74) is 5.76. The number of hydrogen-bond acceptors (Lipinski definition) is 4. The predicted molar refractivity (Wildman–Crippen MR) is 79.3 cm³/mol. The van der Waals surface area contributed by atoms with Crippen LogP contribution in [0.15, 0.2) is 17.5 Å². The van der Waals surface area contributed by atoms with E-state index in [1.165, 1.54) is 44.1 Å². The quantitative estimate of drug-likeness (QED) is 0.853. The zero-order valence-corrected chi connectivity index (χ0v) is 12.2. The lowest BCUT2D eigenvalue weighted by atomic mass is 10.0. The Kier molecular flexibility index (Phi) is 5.63. The molecule has 3 nitrogen and oxygen atoms in total. The maximum absolute atomic E-state index is 5.76. The topological polar surface area (TPSA) is 32.5 Å². The third kappa shape index (κ3) is 3.79. The minimum Gasteiger partial charge on any atom is -0.330 e. The molecular weight excluding hydrogens is 242 g/mol. The molecule has 1 aromatic rings. The molecule has 1 aliphatic heterocycles. The van der Waals surface area contributed by atoms with Crippen molar-refractivity contribution in [1.82, 2.24) is 9.80 Å². The second kappa shape index (κ2) is 7.24. The van der Waals surface area contributed by atoms with Crippen LogP contribution in [0.2, 0.25) is 0 Å². The summed E-state index contributed by atoms with van der Waals surface area (Å²) in [7, 11) is 0. The van der Waals surface area contributed by atoms with E-state index in [4.69, 9.17) is 5.73 Å². The van der Waals surface area contributed by atoms with Gasteiger partial charge in [0.25, 0.3) is 0 Å². The highest BCUT2D eigenvalue weighted by Crippen LogP contribution is 2.25. The van der Waals surface area contributed by atoms with Gasteiger partial charge in [-0.25, -0.2) is 0 Å². The highest BCUT2D eigenvalue weighted by atomic mass is 32.1. The fraction of sp³-hybridized carbons (Fsp3) is 0.714. The van der Waals surface area contributed by atoms with Crippen LogP contribution in [0.5, 0.6) is 0 Å².